The summed E-state index contributed by atoms with van der Waals surface area (Å²) in [7, 11) is 1.69. The summed E-state index contributed by atoms with van der Waals surface area (Å²) in [5.41, 5.74) is 2.74. The van der Waals surface area contributed by atoms with E-state index < -0.39 is 0 Å². The number of ether oxygens (including phenoxy) is 2. The Morgan fingerprint density at radius 3 is 2.48 bits per heavy atom. The van der Waals surface area contributed by atoms with E-state index in [2.05, 4.69) is 15.6 Å². The zero-order valence-electron chi connectivity index (χ0n) is 16.2. The Bertz CT molecular complexity index is 750. The van der Waals surface area contributed by atoms with Gasteiger partial charge in [-0.05, 0) is 31.5 Å². The molecule has 0 aliphatic rings. The summed E-state index contributed by atoms with van der Waals surface area (Å²) in [6.45, 7) is 6.63. The monoisotopic (exact) mass is 373 g/mol. The summed E-state index contributed by atoms with van der Waals surface area (Å²) in [5, 5.41) is 6.37. The number of hydrogen-bond donors (Lipinski definition) is 2. The maximum atomic E-state index is 13.7. The molecule has 2 N–H and O–H groups in total. The minimum atomic E-state index is -0.232. The van der Waals surface area contributed by atoms with Gasteiger partial charge in [0.05, 0.1) is 6.61 Å². The third-order valence-electron chi connectivity index (χ3n) is 3.99. The quantitative estimate of drug-likeness (QED) is 0.402. The fraction of sp³-hybridized carbons (Fsp3) is 0.381. The average molecular weight is 373 g/mol. The van der Waals surface area contributed by atoms with Gasteiger partial charge in [-0.1, -0.05) is 30.3 Å². The molecule has 0 heterocycles. The minimum Gasteiger partial charge on any atom is -0.491 e. The first kappa shape index (κ1) is 20.7. The molecule has 0 fully saturated rings. The largest absolute Gasteiger partial charge is 0.491 e. The highest BCUT2D eigenvalue weighted by atomic mass is 19.1. The Morgan fingerprint density at radius 1 is 1.04 bits per heavy atom. The third-order valence-corrected chi connectivity index (χ3v) is 3.99. The molecule has 0 spiro atoms. The van der Waals surface area contributed by atoms with Gasteiger partial charge in [0.15, 0.2) is 5.96 Å². The molecule has 6 heteroatoms. The van der Waals surface area contributed by atoms with Gasteiger partial charge in [0, 0.05) is 37.9 Å². The Hall–Kier alpha value is -2.60. The fourth-order valence-corrected chi connectivity index (χ4v) is 2.52. The van der Waals surface area contributed by atoms with Crippen molar-refractivity contribution in [3.63, 3.8) is 0 Å². The lowest BCUT2D eigenvalue weighted by atomic mass is 10.1. The van der Waals surface area contributed by atoms with Crippen LogP contribution in [-0.2, 0) is 17.8 Å². The van der Waals surface area contributed by atoms with Crippen molar-refractivity contribution in [3.8, 4) is 5.75 Å². The van der Waals surface area contributed by atoms with Crippen LogP contribution in [0.25, 0.3) is 0 Å². The highest BCUT2D eigenvalue weighted by Crippen LogP contribution is 2.20. The van der Waals surface area contributed by atoms with Crippen LogP contribution in [0.15, 0.2) is 47.5 Å². The van der Waals surface area contributed by atoms with E-state index in [0.717, 1.165) is 16.9 Å². The molecule has 0 aliphatic carbocycles. The zero-order valence-corrected chi connectivity index (χ0v) is 16.2. The summed E-state index contributed by atoms with van der Waals surface area (Å²) in [6, 6.07) is 12.8. The molecule has 0 bridgehead atoms. The van der Waals surface area contributed by atoms with Crippen molar-refractivity contribution in [2.75, 3.05) is 26.9 Å². The third kappa shape index (κ3) is 6.90. The summed E-state index contributed by atoms with van der Waals surface area (Å²) < 4.78 is 24.9. The molecule has 2 aromatic rings. The summed E-state index contributed by atoms with van der Waals surface area (Å²) in [4.78, 5) is 4.19. The molecule has 5 nitrogen and oxygen atoms in total. The lowest BCUT2D eigenvalue weighted by molar-refractivity contribution is 0.110. The molecule has 0 atom stereocenters. The number of halogens is 1. The smallest absolute Gasteiger partial charge is 0.191 e. The zero-order chi connectivity index (χ0) is 19.5. The fourth-order valence-electron chi connectivity index (χ4n) is 2.52. The van der Waals surface area contributed by atoms with Crippen LogP contribution in [0.3, 0.4) is 0 Å². The molecule has 0 radical (unpaired) electrons. The van der Waals surface area contributed by atoms with Crippen molar-refractivity contribution < 1.29 is 13.9 Å². The summed E-state index contributed by atoms with van der Waals surface area (Å²) in [6.07, 6.45) is 0. The Labute approximate surface area is 160 Å². The number of aliphatic imine (C=N–C) groups is 1. The lowest BCUT2D eigenvalue weighted by Gasteiger charge is -2.16. The Balaban J connectivity index is 1.92. The number of nitrogens with one attached hydrogen (secondary N) is 2. The average Bonchev–Trinajstić information content (AvgIpc) is 2.68. The molecule has 27 heavy (non-hydrogen) atoms. The van der Waals surface area contributed by atoms with Crippen molar-refractivity contribution in [2.45, 2.75) is 26.9 Å². The highest BCUT2D eigenvalue weighted by molar-refractivity contribution is 5.79. The molecular weight excluding hydrogens is 345 g/mol. The van der Waals surface area contributed by atoms with Crippen molar-refractivity contribution in [1.82, 2.24) is 10.6 Å². The van der Waals surface area contributed by atoms with Crippen molar-refractivity contribution in [3.05, 3.63) is 65.0 Å². The number of aryl methyl sites for hydroxylation is 1. The van der Waals surface area contributed by atoms with Gasteiger partial charge in [-0.2, -0.15) is 0 Å². The first-order chi connectivity index (χ1) is 13.1. The van der Waals surface area contributed by atoms with Gasteiger partial charge in [-0.15, -0.1) is 0 Å². The van der Waals surface area contributed by atoms with E-state index in [1.54, 1.807) is 19.2 Å². The van der Waals surface area contributed by atoms with E-state index in [1.165, 1.54) is 6.07 Å². The minimum absolute atomic E-state index is 0.232. The first-order valence-electron chi connectivity index (χ1n) is 9.12. The van der Waals surface area contributed by atoms with Crippen LogP contribution in [0.2, 0.25) is 0 Å². The standard InChI is InChI=1S/C21H28FN3O2/c1-4-26-11-12-27-20-13-16(2)9-10-18(20)15-25-21(23-3)24-14-17-7-5-6-8-19(17)22/h5-10,13H,4,11-12,14-15H2,1-3H3,(H2,23,24,25). The van der Waals surface area contributed by atoms with Crippen LogP contribution >= 0.6 is 0 Å². The van der Waals surface area contributed by atoms with E-state index >= 15 is 0 Å². The predicted molar refractivity (Wildman–Crippen MR) is 107 cm³/mol. The van der Waals surface area contributed by atoms with Crippen molar-refractivity contribution in [1.29, 1.82) is 0 Å². The first-order valence-corrected chi connectivity index (χ1v) is 9.12. The van der Waals surface area contributed by atoms with Crippen LogP contribution in [0, 0.1) is 12.7 Å². The van der Waals surface area contributed by atoms with Crippen molar-refractivity contribution >= 4 is 5.96 Å². The van der Waals surface area contributed by atoms with E-state index in [1.807, 2.05) is 38.1 Å². The van der Waals surface area contributed by atoms with Crippen LogP contribution in [0.4, 0.5) is 4.39 Å². The molecular formula is C21H28FN3O2. The lowest BCUT2D eigenvalue weighted by Crippen LogP contribution is -2.36. The highest BCUT2D eigenvalue weighted by Gasteiger charge is 2.07. The molecule has 146 valence electrons. The van der Waals surface area contributed by atoms with Gasteiger partial charge in [-0.3, -0.25) is 4.99 Å². The second-order valence-corrected chi connectivity index (χ2v) is 6.03. The second-order valence-electron chi connectivity index (χ2n) is 6.03. The summed E-state index contributed by atoms with van der Waals surface area (Å²) in [5.74, 6) is 1.19. The van der Waals surface area contributed by atoms with E-state index in [0.29, 0.717) is 44.4 Å². The molecule has 0 unspecified atom stereocenters. The molecule has 0 saturated carbocycles. The SMILES string of the molecule is CCOCCOc1cc(C)ccc1CNC(=NC)NCc1ccccc1F. The van der Waals surface area contributed by atoms with Gasteiger partial charge in [0.25, 0.3) is 0 Å². The van der Waals surface area contributed by atoms with Gasteiger partial charge < -0.3 is 20.1 Å². The second kappa shape index (κ2) is 11.2. The van der Waals surface area contributed by atoms with Gasteiger partial charge in [0.2, 0.25) is 0 Å². The maximum absolute atomic E-state index is 13.7. The van der Waals surface area contributed by atoms with E-state index in [4.69, 9.17) is 9.47 Å². The van der Waals surface area contributed by atoms with E-state index in [9.17, 15) is 4.39 Å². The van der Waals surface area contributed by atoms with Gasteiger partial charge >= 0.3 is 0 Å². The molecule has 2 aromatic carbocycles. The normalized spacial score (nSPS) is 11.3. The number of nitrogens with zero attached hydrogens (tertiary/aromatic N) is 1. The van der Waals surface area contributed by atoms with Crippen LogP contribution in [-0.4, -0.2) is 32.8 Å². The summed E-state index contributed by atoms with van der Waals surface area (Å²) >= 11 is 0. The Kier molecular flexibility index (Phi) is 8.58. The number of benzene rings is 2. The van der Waals surface area contributed by atoms with Crippen LogP contribution in [0.5, 0.6) is 5.75 Å². The maximum Gasteiger partial charge on any atom is 0.191 e. The van der Waals surface area contributed by atoms with E-state index in [-0.39, 0.29) is 5.82 Å². The number of guanidine groups is 1. The topological polar surface area (TPSA) is 54.9 Å². The van der Waals surface area contributed by atoms with Gasteiger partial charge in [-0.25, -0.2) is 4.39 Å². The Morgan fingerprint density at radius 2 is 1.78 bits per heavy atom. The predicted octanol–water partition coefficient (Wildman–Crippen LogP) is 3.41. The number of hydrogen-bond acceptors (Lipinski definition) is 3. The van der Waals surface area contributed by atoms with Gasteiger partial charge in [0.1, 0.15) is 18.2 Å². The van der Waals surface area contributed by atoms with Crippen LogP contribution < -0.4 is 15.4 Å². The number of rotatable bonds is 9. The molecule has 0 amide bonds. The molecule has 0 aromatic heterocycles. The molecule has 0 saturated heterocycles. The molecule has 0 aliphatic heterocycles. The van der Waals surface area contributed by atoms with Crippen LogP contribution in [0.1, 0.15) is 23.6 Å². The molecule has 2 rings (SSSR count). The van der Waals surface area contributed by atoms with Crippen molar-refractivity contribution in [2.24, 2.45) is 4.99 Å².